The minimum atomic E-state index is -0.514. The van der Waals surface area contributed by atoms with Gasteiger partial charge in [0.05, 0.1) is 23.1 Å². The van der Waals surface area contributed by atoms with E-state index in [2.05, 4.69) is 18.2 Å². The van der Waals surface area contributed by atoms with E-state index in [0.29, 0.717) is 11.7 Å². The van der Waals surface area contributed by atoms with Crippen molar-refractivity contribution in [3.05, 3.63) is 142 Å². The maximum Gasteiger partial charge on any atom is 0.258 e. The summed E-state index contributed by atoms with van der Waals surface area (Å²) in [5.74, 6) is -0.0696. The predicted octanol–water partition coefficient (Wildman–Crippen LogP) is 8.56. The van der Waals surface area contributed by atoms with E-state index in [9.17, 15) is 9.59 Å². The van der Waals surface area contributed by atoms with Crippen LogP contribution in [-0.4, -0.2) is 20.7 Å². The summed E-state index contributed by atoms with van der Waals surface area (Å²) in [5.41, 5.74) is 6.45. The lowest BCUT2D eigenvalue weighted by Crippen LogP contribution is -2.43. The third-order valence-corrected chi connectivity index (χ3v) is 10.4. The molecule has 2 aliphatic carbocycles. The Bertz CT molecular complexity index is 1830. The molecule has 0 bridgehead atoms. The van der Waals surface area contributed by atoms with E-state index in [4.69, 9.17) is 4.98 Å². The number of amides is 1. The van der Waals surface area contributed by atoms with Crippen molar-refractivity contribution in [2.45, 2.75) is 67.8 Å². The number of aromatic nitrogens is 2. The van der Waals surface area contributed by atoms with Crippen LogP contribution in [-0.2, 0) is 23.2 Å². The van der Waals surface area contributed by atoms with Crippen LogP contribution in [0.15, 0.2) is 125 Å². The lowest BCUT2D eigenvalue weighted by Gasteiger charge is -2.42. The first-order chi connectivity index (χ1) is 22.0. The molecule has 5 nitrogen and oxygen atoms in total. The minimum Gasteiger partial charge on any atom is -0.283 e. The van der Waals surface area contributed by atoms with Crippen LogP contribution in [0.5, 0.6) is 0 Å². The van der Waals surface area contributed by atoms with Crippen LogP contribution in [0, 0.1) is 0 Å². The third-order valence-electron chi connectivity index (χ3n) is 9.34. The molecule has 2 aliphatic rings. The van der Waals surface area contributed by atoms with Gasteiger partial charge in [-0.05, 0) is 61.6 Å². The van der Waals surface area contributed by atoms with Crippen molar-refractivity contribution in [1.82, 2.24) is 9.55 Å². The zero-order chi connectivity index (χ0) is 30.8. The van der Waals surface area contributed by atoms with Crippen molar-refractivity contribution in [2.24, 2.45) is 0 Å². The van der Waals surface area contributed by atoms with Crippen molar-refractivity contribution < 1.29 is 4.79 Å². The molecule has 1 amide bonds. The Balaban J connectivity index is 1.35. The quantitative estimate of drug-likeness (QED) is 0.137. The maximum atomic E-state index is 14.9. The van der Waals surface area contributed by atoms with Crippen molar-refractivity contribution in [2.75, 3.05) is 4.90 Å². The van der Waals surface area contributed by atoms with Gasteiger partial charge < -0.3 is 0 Å². The molecule has 0 aliphatic heterocycles. The van der Waals surface area contributed by atoms with Gasteiger partial charge in [-0.3, -0.25) is 19.1 Å². The molecule has 1 aromatic heterocycles. The Hall–Kier alpha value is -4.42. The van der Waals surface area contributed by atoms with Crippen LogP contribution in [0.1, 0.15) is 55.7 Å². The maximum absolute atomic E-state index is 14.9. The number of hydrogen-bond donors (Lipinski definition) is 0. The minimum absolute atomic E-state index is 0.0328. The molecule has 1 spiro atoms. The molecule has 0 radical (unpaired) electrons. The van der Waals surface area contributed by atoms with Crippen LogP contribution < -0.4 is 10.5 Å². The van der Waals surface area contributed by atoms with E-state index in [1.807, 2.05) is 109 Å². The molecule has 226 valence electrons. The Labute approximate surface area is 269 Å². The molecular formula is C39H37N3O2S. The van der Waals surface area contributed by atoms with Crippen molar-refractivity contribution in [1.29, 1.82) is 0 Å². The highest BCUT2D eigenvalue weighted by Crippen LogP contribution is 2.49. The smallest absolute Gasteiger partial charge is 0.258 e. The molecule has 1 fully saturated rings. The predicted molar refractivity (Wildman–Crippen MR) is 183 cm³/mol. The highest BCUT2D eigenvalue weighted by molar-refractivity contribution is 8.00. The SMILES string of the molecule is C[C@H](Sc1nc2c(c(=O)n1Cc1ccccc1)C1(CCCCC1)Cc1ccccc1-2)C(=O)N(c1ccccc1)c1ccccc1. The van der Waals surface area contributed by atoms with Crippen LogP contribution in [0.3, 0.4) is 0 Å². The summed E-state index contributed by atoms with van der Waals surface area (Å²) in [4.78, 5) is 36.3. The molecule has 0 saturated heterocycles. The largest absolute Gasteiger partial charge is 0.283 e. The summed E-state index contributed by atoms with van der Waals surface area (Å²) >= 11 is 1.37. The van der Waals surface area contributed by atoms with Crippen molar-refractivity contribution in [3.63, 3.8) is 0 Å². The number of fused-ring (bicyclic) bond motifs is 4. The molecular weight excluding hydrogens is 575 g/mol. The summed E-state index contributed by atoms with van der Waals surface area (Å²) in [5, 5.41) is 0.0621. The topological polar surface area (TPSA) is 55.2 Å². The molecule has 45 heavy (non-hydrogen) atoms. The Kier molecular flexibility index (Phi) is 8.16. The Morgan fingerprint density at radius 2 is 1.40 bits per heavy atom. The number of para-hydroxylation sites is 2. The van der Waals surface area contributed by atoms with Gasteiger partial charge in [0, 0.05) is 22.4 Å². The summed E-state index contributed by atoms with van der Waals surface area (Å²) in [6.07, 6.45) is 6.33. The van der Waals surface area contributed by atoms with Crippen LogP contribution in [0.2, 0.25) is 0 Å². The molecule has 4 aromatic carbocycles. The zero-order valence-electron chi connectivity index (χ0n) is 25.6. The number of anilines is 2. The number of hydrogen-bond acceptors (Lipinski definition) is 4. The average Bonchev–Trinajstić information content (AvgIpc) is 3.08. The first-order valence-electron chi connectivity index (χ1n) is 15.9. The average molecular weight is 612 g/mol. The summed E-state index contributed by atoms with van der Waals surface area (Å²) < 4.78 is 1.84. The second kappa shape index (κ2) is 12.5. The number of thioether (sulfide) groups is 1. The number of benzene rings is 4. The van der Waals surface area contributed by atoms with Crippen LogP contribution >= 0.6 is 11.8 Å². The van der Waals surface area contributed by atoms with E-state index in [1.54, 1.807) is 4.90 Å². The fourth-order valence-corrected chi connectivity index (χ4v) is 8.11. The van der Waals surface area contributed by atoms with Gasteiger partial charge in [0.15, 0.2) is 5.16 Å². The van der Waals surface area contributed by atoms with E-state index in [0.717, 1.165) is 65.9 Å². The molecule has 0 N–H and O–H groups in total. The summed E-state index contributed by atoms with van der Waals surface area (Å²) in [6.45, 7) is 2.32. The lowest BCUT2D eigenvalue weighted by molar-refractivity contribution is -0.117. The van der Waals surface area contributed by atoms with Crippen molar-refractivity contribution >= 4 is 29.0 Å². The van der Waals surface area contributed by atoms with Gasteiger partial charge in [-0.25, -0.2) is 4.98 Å². The second-order valence-corrected chi connectivity index (χ2v) is 13.6. The van der Waals surface area contributed by atoms with E-state index < -0.39 is 5.25 Å². The molecule has 1 heterocycles. The first-order valence-corrected chi connectivity index (χ1v) is 16.8. The number of carbonyl (C=O) groups is 1. The molecule has 0 unspecified atom stereocenters. The normalized spacial score (nSPS) is 15.6. The van der Waals surface area contributed by atoms with Gasteiger partial charge in [-0.1, -0.05) is 122 Å². The zero-order valence-corrected chi connectivity index (χ0v) is 26.4. The molecule has 1 atom stereocenters. The third kappa shape index (κ3) is 5.64. The van der Waals surface area contributed by atoms with Crippen LogP contribution in [0.25, 0.3) is 11.3 Å². The number of rotatable bonds is 7. The summed E-state index contributed by atoms with van der Waals surface area (Å²) in [6, 6.07) is 38.0. The second-order valence-electron chi connectivity index (χ2n) is 12.3. The van der Waals surface area contributed by atoms with E-state index in [1.165, 1.54) is 23.7 Å². The number of nitrogens with zero attached hydrogens (tertiary/aromatic N) is 3. The van der Waals surface area contributed by atoms with Gasteiger partial charge >= 0.3 is 0 Å². The van der Waals surface area contributed by atoms with Crippen molar-refractivity contribution in [3.8, 4) is 11.3 Å². The highest BCUT2D eigenvalue weighted by Gasteiger charge is 2.43. The molecule has 7 rings (SSSR count). The molecule has 5 aromatic rings. The Morgan fingerprint density at radius 1 is 0.822 bits per heavy atom. The first kappa shape index (κ1) is 29.3. The van der Waals surface area contributed by atoms with E-state index >= 15 is 0 Å². The standard InChI is InChI=1S/C39H37N3O2S/c1-28(36(43)42(31-19-8-3-9-20-31)32-21-10-4-11-22-32)45-38-40-35-33-23-13-12-18-30(33)26-39(24-14-5-15-25-39)34(35)37(44)41(38)27-29-16-6-2-7-17-29/h2-4,6-13,16-23,28H,5,14-15,24-27H2,1H3/t28-/m0/s1. The van der Waals surface area contributed by atoms with Gasteiger partial charge in [-0.15, -0.1) is 0 Å². The van der Waals surface area contributed by atoms with Gasteiger partial charge in [0.25, 0.3) is 5.56 Å². The monoisotopic (exact) mass is 611 g/mol. The fourth-order valence-electron chi connectivity index (χ4n) is 7.17. The van der Waals surface area contributed by atoms with Gasteiger partial charge in [-0.2, -0.15) is 0 Å². The summed E-state index contributed by atoms with van der Waals surface area (Å²) in [7, 11) is 0. The lowest BCUT2D eigenvalue weighted by atomic mass is 9.62. The Morgan fingerprint density at radius 3 is 2.04 bits per heavy atom. The fraction of sp³-hybridized carbons (Fsp3) is 0.256. The molecule has 6 heteroatoms. The van der Waals surface area contributed by atoms with Crippen LogP contribution in [0.4, 0.5) is 11.4 Å². The van der Waals surface area contributed by atoms with Gasteiger partial charge in [0.2, 0.25) is 5.91 Å². The number of carbonyl (C=O) groups excluding carboxylic acids is 1. The molecule has 1 saturated carbocycles. The van der Waals surface area contributed by atoms with E-state index in [-0.39, 0.29) is 16.9 Å². The van der Waals surface area contributed by atoms with Gasteiger partial charge in [0.1, 0.15) is 0 Å². The highest BCUT2D eigenvalue weighted by atomic mass is 32.2.